The van der Waals surface area contributed by atoms with Crippen molar-refractivity contribution < 1.29 is 14.3 Å². The minimum Gasteiger partial charge on any atom is -0.454 e. The number of ether oxygens (including phenoxy) is 2. The maximum Gasteiger partial charge on any atom is 0.410 e. The normalized spacial score (nSPS) is 17.3. The number of carbonyl (C=O) groups is 1. The van der Waals surface area contributed by atoms with Crippen molar-refractivity contribution in [2.24, 2.45) is 4.99 Å². The molecule has 0 aliphatic carbocycles. The van der Waals surface area contributed by atoms with E-state index >= 15 is 0 Å². The van der Waals surface area contributed by atoms with E-state index in [9.17, 15) is 4.79 Å². The minimum absolute atomic E-state index is 0.0163. The maximum absolute atomic E-state index is 12.8. The van der Waals surface area contributed by atoms with Crippen molar-refractivity contribution in [1.82, 2.24) is 9.80 Å². The van der Waals surface area contributed by atoms with Crippen LogP contribution in [0.25, 0.3) is 0 Å². The van der Waals surface area contributed by atoms with Gasteiger partial charge in [0.05, 0.1) is 5.56 Å². The van der Waals surface area contributed by atoms with Gasteiger partial charge in [0.2, 0.25) is 0 Å². The lowest BCUT2D eigenvalue weighted by atomic mass is 10.1. The Balaban J connectivity index is 1.35. The van der Waals surface area contributed by atoms with Crippen LogP contribution < -0.4 is 4.74 Å². The van der Waals surface area contributed by atoms with Gasteiger partial charge >= 0.3 is 6.09 Å². The van der Waals surface area contributed by atoms with Crippen LogP contribution >= 0.6 is 0 Å². The highest BCUT2D eigenvalue weighted by atomic mass is 16.6. The van der Waals surface area contributed by atoms with E-state index in [0.29, 0.717) is 19.6 Å². The van der Waals surface area contributed by atoms with Crippen LogP contribution in [0.5, 0.6) is 11.5 Å². The third-order valence-corrected chi connectivity index (χ3v) is 6.05. The summed E-state index contributed by atoms with van der Waals surface area (Å²) in [4.78, 5) is 21.8. The fourth-order valence-corrected chi connectivity index (χ4v) is 4.30. The Labute approximate surface area is 194 Å². The molecule has 0 spiro atoms. The van der Waals surface area contributed by atoms with E-state index in [1.165, 1.54) is 0 Å². The quantitative estimate of drug-likeness (QED) is 0.525. The van der Waals surface area contributed by atoms with Crippen LogP contribution in [0.1, 0.15) is 23.6 Å². The smallest absolute Gasteiger partial charge is 0.410 e. The molecule has 0 unspecified atom stereocenters. The number of carbonyl (C=O) groups excluding carboxylic acids is 1. The van der Waals surface area contributed by atoms with Crippen molar-refractivity contribution in [3.05, 3.63) is 89.5 Å². The first-order chi connectivity index (χ1) is 16.1. The Morgan fingerprint density at radius 3 is 2.64 bits per heavy atom. The number of rotatable bonds is 2. The summed E-state index contributed by atoms with van der Waals surface area (Å²) in [5.74, 6) is 2.42. The molecular weight excluding hydrogens is 414 g/mol. The molecule has 0 N–H and O–H groups in total. The van der Waals surface area contributed by atoms with Gasteiger partial charge in [-0.3, -0.25) is 0 Å². The fourth-order valence-electron chi connectivity index (χ4n) is 4.30. The summed E-state index contributed by atoms with van der Waals surface area (Å²) < 4.78 is 11.8. The van der Waals surface area contributed by atoms with E-state index in [-0.39, 0.29) is 18.7 Å². The number of nitrogens with zero attached hydrogens (tertiary/aromatic N) is 3. The van der Waals surface area contributed by atoms with Gasteiger partial charge in [-0.2, -0.15) is 0 Å². The molecule has 1 saturated heterocycles. The van der Waals surface area contributed by atoms with Crippen molar-refractivity contribution in [1.29, 1.82) is 0 Å². The van der Waals surface area contributed by atoms with Gasteiger partial charge in [0.15, 0.2) is 5.75 Å². The molecule has 0 radical (unpaired) electrons. The molecule has 33 heavy (non-hydrogen) atoms. The number of para-hydroxylation sites is 2. The van der Waals surface area contributed by atoms with Crippen LogP contribution in [-0.4, -0.2) is 47.4 Å². The standard InChI is InChI=1S/C27H27N3O3/c1-19-12-13-24-22(16-19)26(28-23-10-6-7-11-25(23)33-24)29-14-15-30(20(2)17-29)27(31)32-18-21-8-4-3-5-9-21/h3-13,16,20H,14-15,17-18H2,1-2H3/t20-/m1/s1. The second-order valence-electron chi connectivity index (χ2n) is 8.53. The number of amides is 1. The minimum atomic E-state index is -0.279. The second kappa shape index (κ2) is 8.98. The molecule has 0 saturated carbocycles. The van der Waals surface area contributed by atoms with E-state index in [0.717, 1.165) is 39.7 Å². The van der Waals surface area contributed by atoms with E-state index in [4.69, 9.17) is 14.5 Å². The zero-order valence-electron chi connectivity index (χ0n) is 18.9. The second-order valence-corrected chi connectivity index (χ2v) is 8.53. The lowest BCUT2D eigenvalue weighted by Gasteiger charge is -2.40. The predicted molar refractivity (Wildman–Crippen MR) is 128 cm³/mol. The maximum atomic E-state index is 12.8. The van der Waals surface area contributed by atoms with Gasteiger partial charge in [0.25, 0.3) is 0 Å². The first-order valence-corrected chi connectivity index (χ1v) is 11.3. The molecule has 3 aromatic carbocycles. The average Bonchev–Trinajstić information content (AvgIpc) is 2.99. The van der Waals surface area contributed by atoms with Crippen LogP contribution in [0.3, 0.4) is 0 Å². The van der Waals surface area contributed by atoms with Crippen LogP contribution in [0.4, 0.5) is 10.5 Å². The summed E-state index contributed by atoms with van der Waals surface area (Å²) in [5, 5.41) is 0. The van der Waals surface area contributed by atoms with Crippen LogP contribution in [0, 0.1) is 6.92 Å². The highest BCUT2D eigenvalue weighted by Crippen LogP contribution is 2.38. The van der Waals surface area contributed by atoms with Gasteiger partial charge in [-0.05, 0) is 43.7 Å². The number of benzene rings is 3. The van der Waals surface area contributed by atoms with Crippen LogP contribution in [0.2, 0.25) is 0 Å². The molecule has 1 fully saturated rings. The van der Waals surface area contributed by atoms with Crippen LogP contribution in [-0.2, 0) is 11.3 Å². The molecule has 168 valence electrons. The Bertz CT molecular complexity index is 1190. The number of aryl methyl sites for hydroxylation is 1. The summed E-state index contributed by atoms with van der Waals surface area (Å²) in [6.07, 6.45) is -0.279. The van der Waals surface area contributed by atoms with E-state index in [1.54, 1.807) is 4.90 Å². The molecule has 0 bridgehead atoms. The van der Waals surface area contributed by atoms with Crippen LogP contribution in [0.15, 0.2) is 77.8 Å². The Morgan fingerprint density at radius 2 is 1.82 bits per heavy atom. The van der Waals surface area contributed by atoms with Gasteiger partial charge in [-0.15, -0.1) is 0 Å². The Hall–Kier alpha value is -3.80. The number of piperazine rings is 1. The summed E-state index contributed by atoms with van der Waals surface area (Å²) in [6.45, 7) is 6.29. The molecule has 1 atom stereocenters. The number of aliphatic imine (C=N–C) groups is 1. The van der Waals surface area contributed by atoms with E-state index < -0.39 is 0 Å². The number of hydrogen-bond donors (Lipinski definition) is 0. The van der Waals surface area contributed by atoms with E-state index in [2.05, 4.69) is 24.8 Å². The molecule has 6 nitrogen and oxygen atoms in total. The van der Waals surface area contributed by atoms with Gasteiger partial charge < -0.3 is 19.3 Å². The largest absolute Gasteiger partial charge is 0.454 e. The van der Waals surface area contributed by atoms with Gasteiger partial charge in [-0.1, -0.05) is 54.1 Å². The third-order valence-electron chi connectivity index (χ3n) is 6.05. The molecule has 6 heteroatoms. The van der Waals surface area contributed by atoms with Crippen molar-refractivity contribution >= 4 is 17.6 Å². The van der Waals surface area contributed by atoms with Crippen molar-refractivity contribution in [3.63, 3.8) is 0 Å². The lowest BCUT2D eigenvalue weighted by Crippen LogP contribution is -2.55. The zero-order valence-corrected chi connectivity index (χ0v) is 18.9. The average molecular weight is 442 g/mol. The molecule has 5 rings (SSSR count). The Kier molecular flexibility index (Phi) is 5.73. The Morgan fingerprint density at radius 1 is 1.03 bits per heavy atom. The van der Waals surface area contributed by atoms with Crippen molar-refractivity contribution in [2.45, 2.75) is 26.5 Å². The molecule has 0 aromatic heterocycles. The lowest BCUT2D eigenvalue weighted by molar-refractivity contribution is 0.0624. The molecule has 2 aliphatic heterocycles. The number of hydrogen-bond acceptors (Lipinski definition) is 5. The summed E-state index contributed by atoms with van der Waals surface area (Å²) in [6, 6.07) is 23.7. The summed E-state index contributed by atoms with van der Waals surface area (Å²) >= 11 is 0. The SMILES string of the molecule is Cc1ccc2c(c1)C(N1CCN(C(=O)OCc3ccccc3)[C@H](C)C1)=Nc1ccccc1O2. The predicted octanol–water partition coefficient (Wildman–Crippen LogP) is 5.52. The zero-order chi connectivity index (χ0) is 22.8. The van der Waals surface area contributed by atoms with E-state index in [1.807, 2.05) is 66.7 Å². The summed E-state index contributed by atoms with van der Waals surface area (Å²) in [5.41, 5.74) is 3.90. The monoisotopic (exact) mass is 441 g/mol. The van der Waals surface area contributed by atoms with Crippen molar-refractivity contribution in [3.8, 4) is 11.5 Å². The van der Waals surface area contributed by atoms with Crippen molar-refractivity contribution in [2.75, 3.05) is 19.6 Å². The highest BCUT2D eigenvalue weighted by Gasteiger charge is 2.32. The molecule has 2 heterocycles. The topological polar surface area (TPSA) is 54.4 Å². The first kappa shape index (κ1) is 21.1. The highest BCUT2D eigenvalue weighted by molar-refractivity contribution is 6.04. The van der Waals surface area contributed by atoms with Gasteiger partial charge in [0, 0.05) is 25.7 Å². The number of fused-ring (bicyclic) bond motifs is 2. The van der Waals surface area contributed by atoms with Gasteiger partial charge in [0.1, 0.15) is 23.9 Å². The third kappa shape index (κ3) is 4.42. The van der Waals surface area contributed by atoms with Gasteiger partial charge in [-0.25, -0.2) is 9.79 Å². The summed E-state index contributed by atoms with van der Waals surface area (Å²) in [7, 11) is 0. The molecule has 2 aliphatic rings. The number of amidine groups is 1. The molecule has 3 aromatic rings. The molecule has 1 amide bonds. The molecular formula is C27H27N3O3. The first-order valence-electron chi connectivity index (χ1n) is 11.3. The fraction of sp³-hybridized carbons (Fsp3) is 0.259.